The molecule has 1 aromatic rings. The van der Waals surface area contributed by atoms with E-state index in [0.29, 0.717) is 11.1 Å². The maximum atomic E-state index is 5.92. The first-order chi connectivity index (χ1) is 9.61. The number of benzene rings is 1. The summed E-state index contributed by atoms with van der Waals surface area (Å²) in [7, 11) is 1.71. The molecule has 0 saturated carbocycles. The molecule has 1 rings (SSSR count). The minimum Gasteiger partial charge on any atom is -0.489 e. The van der Waals surface area contributed by atoms with E-state index < -0.39 is 0 Å². The molecule has 114 valence electrons. The molecule has 20 heavy (non-hydrogen) atoms. The summed E-state index contributed by atoms with van der Waals surface area (Å²) in [6.07, 6.45) is 0.0925. The van der Waals surface area contributed by atoms with Gasteiger partial charge in [-0.05, 0) is 32.0 Å². The third kappa shape index (κ3) is 7.70. The van der Waals surface area contributed by atoms with Gasteiger partial charge in [0.2, 0.25) is 0 Å². The number of rotatable bonds is 10. The van der Waals surface area contributed by atoms with E-state index in [4.69, 9.17) is 21.1 Å². The van der Waals surface area contributed by atoms with Crippen molar-refractivity contribution >= 4 is 11.6 Å². The Labute approximate surface area is 126 Å². The van der Waals surface area contributed by atoms with Crippen LogP contribution in [0, 0.1) is 0 Å². The maximum absolute atomic E-state index is 5.92. The van der Waals surface area contributed by atoms with E-state index in [2.05, 4.69) is 17.6 Å². The van der Waals surface area contributed by atoms with Crippen molar-refractivity contribution in [3.63, 3.8) is 0 Å². The van der Waals surface area contributed by atoms with Gasteiger partial charge in [0, 0.05) is 37.8 Å². The van der Waals surface area contributed by atoms with E-state index in [1.165, 1.54) is 0 Å². The summed E-state index contributed by atoms with van der Waals surface area (Å²) in [6.45, 7) is 7.50. The van der Waals surface area contributed by atoms with Gasteiger partial charge in [0.15, 0.2) is 0 Å². The van der Waals surface area contributed by atoms with E-state index in [-0.39, 0.29) is 6.10 Å². The Bertz CT molecular complexity index is 377. The SMILES string of the molecule is COCCNCC(C)NCC(C)Oc1cccc(Cl)c1. The highest BCUT2D eigenvalue weighted by molar-refractivity contribution is 6.30. The monoisotopic (exact) mass is 300 g/mol. The first-order valence-corrected chi connectivity index (χ1v) is 7.35. The third-order valence-corrected chi connectivity index (χ3v) is 3.06. The predicted molar refractivity (Wildman–Crippen MR) is 83.8 cm³/mol. The standard InChI is InChI=1S/C15H25ClN2O2/c1-12(10-17-7-8-19-3)18-11-13(2)20-15-6-4-5-14(16)9-15/h4-6,9,12-13,17-18H,7-8,10-11H2,1-3H3. The molecule has 0 bridgehead atoms. The molecule has 4 nitrogen and oxygen atoms in total. The molecule has 0 aliphatic carbocycles. The molecule has 2 unspecified atom stereocenters. The van der Waals surface area contributed by atoms with Crippen LogP contribution in [0.2, 0.25) is 5.02 Å². The van der Waals surface area contributed by atoms with Gasteiger partial charge in [0.1, 0.15) is 11.9 Å². The molecule has 2 atom stereocenters. The van der Waals surface area contributed by atoms with Crippen molar-refractivity contribution in [1.82, 2.24) is 10.6 Å². The zero-order chi connectivity index (χ0) is 14.8. The average Bonchev–Trinajstić information content (AvgIpc) is 2.41. The lowest BCUT2D eigenvalue weighted by Crippen LogP contribution is -2.41. The zero-order valence-corrected chi connectivity index (χ0v) is 13.2. The topological polar surface area (TPSA) is 42.5 Å². The second kappa shape index (κ2) is 10.00. The summed E-state index contributed by atoms with van der Waals surface area (Å²) in [5, 5.41) is 7.45. The van der Waals surface area contributed by atoms with Gasteiger partial charge in [0.05, 0.1) is 6.61 Å². The van der Waals surface area contributed by atoms with E-state index in [0.717, 1.165) is 32.0 Å². The van der Waals surface area contributed by atoms with E-state index in [1.54, 1.807) is 7.11 Å². The summed E-state index contributed by atoms with van der Waals surface area (Å²) >= 11 is 5.92. The number of hydrogen-bond acceptors (Lipinski definition) is 4. The van der Waals surface area contributed by atoms with Crippen molar-refractivity contribution in [3.05, 3.63) is 29.3 Å². The number of ether oxygens (including phenoxy) is 2. The van der Waals surface area contributed by atoms with Crippen molar-refractivity contribution < 1.29 is 9.47 Å². The van der Waals surface area contributed by atoms with Gasteiger partial charge in [-0.1, -0.05) is 17.7 Å². The number of halogens is 1. The van der Waals surface area contributed by atoms with Crippen LogP contribution in [0.3, 0.4) is 0 Å². The maximum Gasteiger partial charge on any atom is 0.121 e. The fraction of sp³-hybridized carbons (Fsp3) is 0.600. The van der Waals surface area contributed by atoms with E-state index >= 15 is 0 Å². The van der Waals surface area contributed by atoms with Crippen LogP contribution in [0.4, 0.5) is 0 Å². The molecular weight excluding hydrogens is 276 g/mol. The predicted octanol–water partition coefficient (Wildman–Crippen LogP) is 2.32. The third-order valence-electron chi connectivity index (χ3n) is 2.82. The van der Waals surface area contributed by atoms with Crippen molar-refractivity contribution in [2.24, 2.45) is 0 Å². The molecule has 0 amide bonds. The van der Waals surface area contributed by atoms with Crippen molar-refractivity contribution in [3.8, 4) is 5.75 Å². The average molecular weight is 301 g/mol. The van der Waals surface area contributed by atoms with Crippen LogP contribution in [0.1, 0.15) is 13.8 Å². The minimum atomic E-state index is 0.0925. The van der Waals surface area contributed by atoms with Crippen LogP contribution in [0.15, 0.2) is 24.3 Å². The Hall–Kier alpha value is -0.810. The molecule has 0 aromatic heterocycles. The van der Waals surface area contributed by atoms with Crippen LogP contribution in [-0.4, -0.2) is 45.5 Å². The largest absolute Gasteiger partial charge is 0.489 e. The molecule has 1 aromatic carbocycles. The van der Waals surface area contributed by atoms with Crippen LogP contribution in [-0.2, 0) is 4.74 Å². The van der Waals surface area contributed by atoms with E-state index in [1.807, 2.05) is 31.2 Å². The molecule has 0 radical (unpaired) electrons. The fourth-order valence-corrected chi connectivity index (χ4v) is 1.93. The molecule has 5 heteroatoms. The van der Waals surface area contributed by atoms with Gasteiger partial charge in [-0.2, -0.15) is 0 Å². The Balaban J connectivity index is 2.17. The van der Waals surface area contributed by atoms with Crippen LogP contribution in [0.5, 0.6) is 5.75 Å². The van der Waals surface area contributed by atoms with Crippen molar-refractivity contribution in [1.29, 1.82) is 0 Å². The lowest BCUT2D eigenvalue weighted by atomic mass is 10.3. The molecular formula is C15H25ClN2O2. The van der Waals surface area contributed by atoms with Gasteiger partial charge >= 0.3 is 0 Å². The first kappa shape index (κ1) is 17.2. The molecule has 0 fully saturated rings. The second-order valence-electron chi connectivity index (χ2n) is 4.89. The Morgan fingerprint density at radius 2 is 2.05 bits per heavy atom. The summed E-state index contributed by atoms with van der Waals surface area (Å²) in [5.74, 6) is 0.803. The minimum absolute atomic E-state index is 0.0925. The van der Waals surface area contributed by atoms with Crippen LogP contribution >= 0.6 is 11.6 Å². The number of methoxy groups -OCH3 is 1. The summed E-state index contributed by atoms with van der Waals surface area (Å²) < 4.78 is 10.8. The summed E-state index contributed by atoms with van der Waals surface area (Å²) in [4.78, 5) is 0. The highest BCUT2D eigenvalue weighted by atomic mass is 35.5. The lowest BCUT2D eigenvalue weighted by molar-refractivity contribution is 0.196. The Morgan fingerprint density at radius 1 is 1.25 bits per heavy atom. The highest BCUT2D eigenvalue weighted by Crippen LogP contribution is 2.18. The summed E-state index contributed by atoms with van der Waals surface area (Å²) in [5.41, 5.74) is 0. The Kier molecular flexibility index (Phi) is 8.62. The summed E-state index contributed by atoms with van der Waals surface area (Å²) in [6, 6.07) is 7.86. The van der Waals surface area contributed by atoms with Crippen molar-refractivity contribution in [2.45, 2.75) is 26.0 Å². The first-order valence-electron chi connectivity index (χ1n) is 6.97. The molecule has 2 N–H and O–H groups in total. The van der Waals surface area contributed by atoms with Gasteiger partial charge in [-0.25, -0.2) is 0 Å². The number of nitrogens with one attached hydrogen (secondary N) is 2. The van der Waals surface area contributed by atoms with E-state index in [9.17, 15) is 0 Å². The Morgan fingerprint density at radius 3 is 2.75 bits per heavy atom. The highest BCUT2D eigenvalue weighted by Gasteiger charge is 2.07. The van der Waals surface area contributed by atoms with Gasteiger partial charge in [0.25, 0.3) is 0 Å². The molecule has 0 saturated heterocycles. The van der Waals surface area contributed by atoms with Crippen LogP contribution in [0.25, 0.3) is 0 Å². The molecule has 0 aliphatic rings. The van der Waals surface area contributed by atoms with Gasteiger partial charge in [-0.3, -0.25) is 0 Å². The van der Waals surface area contributed by atoms with Gasteiger partial charge < -0.3 is 20.1 Å². The number of hydrogen-bond donors (Lipinski definition) is 2. The smallest absolute Gasteiger partial charge is 0.121 e. The lowest BCUT2D eigenvalue weighted by Gasteiger charge is -2.19. The zero-order valence-electron chi connectivity index (χ0n) is 12.5. The van der Waals surface area contributed by atoms with Gasteiger partial charge in [-0.15, -0.1) is 0 Å². The van der Waals surface area contributed by atoms with Crippen LogP contribution < -0.4 is 15.4 Å². The molecule has 0 spiro atoms. The quantitative estimate of drug-likeness (QED) is 0.651. The second-order valence-corrected chi connectivity index (χ2v) is 5.33. The normalized spacial score (nSPS) is 14.0. The van der Waals surface area contributed by atoms with Crippen molar-refractivity contribution in [2.75, 3.05) is 33.4 Å². The molecule has 0 heterocycles. The molecule has 0 aliphatic heterocycles. The fourth-order valence-electron chi connectivity index (χ4n) is 1.75.